The first-order valence-electron chi connectivity index (χ1n) is 12.0. The van der Waals surface area contributed by atoms with Gasteiger partial charge in [0.2, 0.25) is 0 Å². The smallest absolute Gasteiger partial charge is 0.257 e. The van der Waals surface area contributed by atoms with Crippen molar-refractivity contribution >= 4 is 11.7 Å². The van der Waals surface area contributed by atoms with Crippen LogP contribution in [-0.2, 0) is 4.74 Å². The average Bonchev–Trinajstić information content (AvgIpc) is 3.41. The van der Waals surface area contributed by atoms with Crippen molar-refractivity contribution in [2.45, 2.75) is 63.0 Å². The van der Waals surface area contributed by atoms with Gasteiger partial charge in [0.25, 0.3) is 5.91 Å². The number of ether oxygens (including phenoxy) is 1. The molecule has 6 nitrogen and oxygen atoms in total. The fraction of sp³-hybridized carbons (Fsp3) is 0.600. The second-order valence-electron chi connectivity index (χ2n) is 10.3. The molecule has 31 heavy (non-hydrogen) atoms. The molecule has 7 rings (SSSR count). The Kier molecular flexibility index (Phi) is 4.78. The highest BCUT2D eigenvalue weighted by Gasteiger charge is 2.51. The Hall–Kier alpha value is -2.34. The second-order valence-corrected chi connectivity index (χ2v) is 10.3. The zero-order chi connectivity index (χ0) is 20.8. The number of nitrogens with one attached hydrogen (secondary N) is 2. The van der Waals surface area contributed by atoms with Gasteiger partial charge in [-0.1, -0.05) is 18.2 Å². The Balaban J connectivity index is 1.27. The minimum atomic E-state index is -0.00743. The maximum Gasteiger partial charge on any atom is 0.257 e. The highest BCUT2D eigenvalue weighted by atomic mass is 16.5. The van der Waals surface area contributed by atoms with Crippen LogP contribution in [0.25, 0.3) is 5.69 Å². The van der Waals surface area contributed by atoms with E-state index < -0.39 is 0 Å². The third-order valence-corrected chi connectivity index (χ3v) is 7.95. The first-order chi connectivity index (χ1) is 15.2. The predicted octanol–water partition coefficient (Wildman–Crippen LogP) is 4.16. The average molecular weight is 421 g/mol. The minimum Gasteiger partial charge on any atom is -0.376 e. The molecule has 5 fully saturated rings. The first-order valence-corrected chi connectivity index (χ1v) is 12.0. The Bertz CT molecular complexity index is 912. The van der Waals surface area contributed by atoms with Crippen molar-refractivity contribution in [1.82, 2.24) is 15.1 Å². The summed E-state index contributed by atoms with van der Waals surface area (Å²) < 4.78 is 7.65. The summed E-state index contributed by atoms with van der Waals surface area (Å²) in [4.78, 5) is 13.6. The largest absolute Gasteiger partial charge is 0.376 e. The second kappa shape index (κ2) is 7.66. The summed E-state index contributed by atoms with van der Waals surface area (Å²) in [6.07, 6.45) is 11.6. The highest BCUT2D eigenvalue weighted by molar-refractivity contribution is 5.99. The van der Waals surface area contributed by atoms with E-state index >= 15 is 0 Å². The fourth-order valence-corrected chi connectivity index (χ4v) is 7.04. The van der Waals surface area contributed by atoms with E-state index in [9.17, 15) is 4.79 Å². The number of hydrogen-bond acceptors (Lipinski definition) is 4. The lowest BCUT2D eigenvalue weighted by molar-refractivity contribution is -0.0166. The Morgan fingerprint density at radius 2 is 1.81 bits per heavy atom. The van der Waals surface area contributed by atoms with Gasteiger partial charge in [0.05, 0.1) is 18.0 Å². The summed E-state index contributed by atoms with van der Waals surface area (Å²) in [7, 11) is 0. The van der Waals surface area contributed by atoms with Crippen molar-refractivity contribution in [2.75, 3.05) is 18.5 Å². The van der Waals surface area contributed by atoms with Crippen molar-refractivity contribution in [2.24, 2.45) is 17.8 Å². The van der Waals surface area contributed by atoms with Crippen LogP contribution in [0.1, 0.15) is 61.7 Å². The van der Waals surface area contributed by atoms with Gasteiger partial charge < -0.3 is 15.4 Å². The van der Waals surface area contributed by atoms with Gasteiger partial charge in [-0.3, -0.25) is 4.79 Å². The summed E-state index contributed by atoms with van der Waals surface area (Å²) >= 11 is 0. The summed E-state index contributed by atoms with van der Waals surface area (Å²) in [6.45, 7) is 1.51. The Morgan fingerprint density at radius 3 is 2.45 bits per heavy atom. The molecule has 2 aromatic rings. The molecule has 6 heteroatoms. The topological polar surface area (TPSA) is 68.2 Å². The number of benzene rings is 1. The van der Waals surface area contributed by atoms with Crippen LogP contribution in [-0.4, -0.2) is 40.5 Å². The maximum atomic E-state index is 13.6. The van der Waals surface area contributed by atoms with Crippen molar-refractivity contribution < 1.29 is 9.53 Å². The van der Waals surface area contributed by atoms with Gasteiger partial charge in [-0.15, -0.1) is 0 Å². The van der Waals surface area contributed by atoms with Crippen LogP contribution in [0.4, 0.5) is 5.82 Å². The lowest BCUT2D eigenvalue weighted by atomic mass is 9.53. The summed E-state index contributed by atoms with van der Waals surface area (Å²) in [6, 6.07) is 10.0. The fourth-order valence-electron chi connectivity index (χ4n) is 7.04. The summed E-state index contributed by atoms with van der Waals surface area (Å²) in [5.41, 5.74) is 1.58. The van der Waals surface area contributed by atoms with E-state index in [2.05, 4.69) is 15.7 Å². The number of nitrogens with zero attached hydrogens (tertiary/aromatic N) is 2. The zero-order valence-electron chi connectivity index (χ0n) is 18.1. The number of aromatic nitrogens is 2. The molecular weight excluding hydrogens is 388 g/mol. The molecule has 1 amide bonds. The molecule has 164 valence electrons. The van der Waals surface area contributed by atoms with Gasteiger partial charge in [-0.2, -0.15) is 5.10 Å². The van der Waals surface area contributed by atoms with Gasteiger partial charge in [0.1, 0.15) is 11.4 Å². The van der Waals surface area contributed by atoms with Gasteiger partial charge in [-0.05, 0) is 81.3 Å². The van der Waals surface area contributed by atoms with E-state index in [1.165, 1.54) is 19.3 Å². The summed E-state index contributed by atoms with van der Waals surface area (Å²) in [5, 5.41) is 11.6. The van der Waals surface area contributed by atoms with Crippen molar-refractivity contribution in [3.63, 3.8) is 0 Å². The molecular formula is C25H32N4O2. The molecule has 0 radical (unpaired) electrons. The molecule has 2 heterocycles. The quantitative estimate of drug-likeness (QED) is 0.736. The van der Waals surface area contributed by atoms with Crippen LogP contribution in [0.2, 0.25) is 0 Å². The van der Waals surface area contributed by atoms with Crippen LogP contribution in [0.15, 0.2) is 36.5 Å². The van der Waals surface area contributed by atoms with E-state index in [0.717, 1.165) is 68.0 Å². The lowest BCUT2D eigenvalue weighted by Crippen LogP contribution is -2.59. The Labute approximate surface area is 183 Å². The molecule has 1 aromatic heterocycles. The SMILES string of the molecule is O=C(NC12CC3CC(CC(C3)C1)C2)c1cnn(-c2ccccc2)c1NCC1CCCO1. The first kappa shape index (κ1) is 19.4. The molecule has 4 aliphatic carbocycles. The molecule has 2 N–H and O–H groups in total. The molecule has 0 spiro atoms. The molecule has 1 aliphatic heterocycles. The molecule has 4 bridgehead atoms. The van der Waals surface area contributed by atoms with Crippen molar-refractivity contribution in [1.29, 1.82) is 0 Å². The van der Waals surface area contributed by atoms with Crippen LogP contribution in [0.5, 0.6) is 0 Å². The van der Waals surface area contributed by atoms with Crippen LogP contribution < -0.4 is 10.6 Å². The number of hydrogen-bond donors (Lipinski definition) is 2. The summed E-state index contributed by atoms with van der Waals surface area (Å²) in [5.74, 6) is 3.19. The van der Waals surface area contributed by atoms with Crippen LogP contribution in [0, 0.1) is 17.8 Å². The Morgan fingerprint density at radius 1 is 1.10 bits per heavy atom. The number of carbonyl (C=O) groups is 1. The molecule has 1 unspecified atom stereocenters. The van der Waals surface area contributed by atoms with Crippen LogP contribution in [0.3, 0.4) is 0 Å². The van der Waals surface area contributed by atoms with E-state index in [1.807, 2.05) is 35.0 Å². The number of amides is 1. The van der Waals surface area contributed by atoms with Gasteiger partial charge >= 0.3 is 0 Å². The molecule has 1 saturated heterocycles. The monoisotopic (exact) mass is 420 g/mol. The molecule has 1 atom stereocenters. The minimum absolute atomic E-state index is 0.00743. The third-order valence-electron chi connectivity index (χ3n) is 7.95. The van der Waals surface area contributed by atoms with Gasteiger partial charge in [-0.25, -0.2) is 4.68 Å². The standard InChI is InChI=1S/C25H32N4O2/c30-24(28-25-12-17-9-18(13-25)11-19(10-17)14-25)22-16-27-29(20-5-2-1-3-6-20)23(22)26-15-21-7-4-8-31-21/h1-3,5-6,16-19,21,26H,4,7-15H2,(H,28,30). The number of para-hydroxylation sites is 1. The van der Waals surface area contributed by atoms with Gasteiger partial charge in [0.15, 0.2) is 0 Å². The predicted molar refractivity (Wildman–Crippen MR) is 119 cm³/mol. The van der Waals surface area contributed by atoms with E-state index in [1.54, 1.807) is 6.20 Å². The third kappa shape index (κ3) is 3.65. The van der Waals surface area contributed by atoms with E-state index in [-0.39, 0.29) is 17.6 Å². The molecule has 1 aromatic carbocycles. The number of carbonyl (C=O) groups excluding carboxylic acids is 1. The molecule has 5 aliphatic rings. The van der Waals surface area contributed by atoms with Crippen molar-refractivity contribution in [3.05, 3.63) is 42.1 Å². The van der Waals surface area contributed by atoms with Gasteiger partial charge in [0, 0.05) is 18.7 Å². The normalized spacial score (nSPS) is 33.5. The van der Waals surface area contributed by atoms with E-state index in [4.69, 9.17) is 4.74 Å². The van der Waals surface area contributed by atoms with Crippen LogP contribution >= 0.6 is 0 Å². The maximum absolute atomic E-state index is 13.6. The van der Waals surface area contributed by atoms with E-state index in [0.29, 0.717) is 12.1 Å². The lowest BCUT2D eigenvalue weighted by Gasteiger charge is -2.56. The number of rotatable bonds is 6. The molecule has 4 saturated carbocycles. The highest BCUT2D eigenvalue weighted by Crippen LogP contribution is 2.55. The zero-order valence-corrected chi connectivity index (χ0v) is 18.1. The van der Waals surface area contributed by atoms with Crippen molar-refractivity contribution in [3.8, 4) is 5.69 Å². The number of anilines is 1.